The van der Waals surface area contributed by atoms with E-state index in [-0.39, 0.29) is 11.5 Å². The van der Waals surface area contributed by atoms with Crippen molar-refractivity contribution in [3.63, 3.8) is 0 Å². The molecule has 5 heteroatoms. The van der Waals surface area contributed by atoms with E-state index in [2.05, 4.69) is 5.10 Å². The first-order valence-corrected chi connectivity index (χ1v) is 6.65. The molecule has 0 spiro atoms. The van der Waals surface area contributed by atoms with Crippen LogP contribution in [0.15, 0.2) is 29.1 Å². The Bertz CT molecular complexity index is 627. The third-order valence-electron chi connectivity index (χ3n) is 3.53. The fraction of sp³-hybridized carbons (Fsp3) is 0.429. The molecule has 0 amide bonds. The van der Waals surface area contributed by atoms with Crippen LogP contribution in [-0.4, -0.2) is 14.3 Å². The number of halogens is 1. The van der Waals surface area contributed by atoms with E-state index in [0.29, 0.717) is 6.54 Å². The summed E-state index contributed by atoms with van der Waals surface area (Å²) in [6.07, 6.45) is 4.15. The molecule has 1 aliphatic rings. The summed E-state index contributed by atoms with van der Waals surface area (Å²) in [6, 6.07) is 6.18. The summed E-state index contributed by atoms with van der Waals surface area (Å²) in [5.41, 5.74) is 0.831. The van der Waals surface area contributed by atoms with Crippen LogP contribution < -0.4 is 5.69 Å². The van der Waals surface area contributed by atoms with E-state index >= 15 is 0 Å². The lowest BCUT2D eigenvalue weighted by molar-refractivity contribution is 0.583. The molecule has 0 radical (unpaired) electrons. The van der Waals surface area contributed by atoms with E-state index in [1.165, 1.54) is 16.8 Å². The molecule has 0 aliphatic carbocycles. The molecular weight excluding hydrogens is 245 g/mol. The molecule has 1 aromatic carbocycles. The Morgan fingerprint density at radius 2 is 1.95 bits per heavy atom. The molecule has 0 saturated carbocycles. The van der Waals surface area contributed by atoms with Crippen LogP contribution in [-0.2, 0) is 19.5 Å². The van der Waals surface area contributed by atoms with Gasteiger partial charge in [0.15, 0.2) is 0 Å². The quantitative estimate of drug-likeness (QED) is 0.829. The third kappa shape index (κ3) is 2.45. The lowest BCUT2D eigenvalue weighted by Crippen LogP contribution is -2.25. The Labute approximate surface area is 110 Å². The number of aryl methyl sites for hydroxylation is 1. The average molecular weight is 261 g/mol. The van der Waals surface area contributed by atoms with Crippen LogP contribution in [0.2, 0.25) is 0 Å². The molecule has 2 aromatic rings. The normalized spacial score (nSPS) is 15.0. The number of hydrogen-bond donors (Lipinski definition) is 0. The summed E-state index contributed by atoms with van der Waals surface area (Å²) in [4.78, 5) is 12.2. The van der Waals surface area contributed by atoms with Crippen molar-refractivity contribution in [2.24, 2.45) is 0 Å². The van der Waals surface area contributed by atoms with E-state index in [1.54, 1.807) is 16.7 Å². The Morgan fingerprint density at radius 1 is 1.16 bits per heavy atom. The van der Waals surface area contributed by atoms with Crippen molar-refractivity contribution < 1.29 is 4.39 Å². The highest BCUT2D eigenvalue weighted by Crippen LogP contribution is 2.11. The first kappa shape index (κ1) is 12.1. The van der Waals surface area contributed by atoms with E-state index < -0.39 is 0 Å². The second kappa shape index (κ2) is 4.99. The molecule has 1 aliphatic heterocycles. The van der Waals surface area contributed by atoms with Gasteiger partial charge in [0, 0.05) is 13.0 Å². The highest BCUT2D eigenvalue weighted by Gasteiger charge is 2.15. The number of fused-ring (bicyclic) bond motifs is 1. The predicted molar refractivity (Wildman–Crippen MR) is 69.5 cm³/mol. The van der Waals surface area contributed by atoms with Crippen molar-refractivity contribution in [2.45, 2.75) is 38.8 Å². The summed E-state index contributed by atoms with van der Waals surface area (Å²) < 4.78 is 16.1. The number of benzene rings is 1. The minimum Gasteiger partial charge on any atom is -0.279 e. The molecule has 0 saturated heterocycles. The van der Waals surface area contributed by atoms with Crippen molar-refractivity contribution in [1.29, 1.82) is 0 Å². The minimum absolute atomic E-state index is 0.0544. The van der Waals surface area contributed by atoms with E-state index in [0.717, 1.165) is 43.6 Å². The lowest BCUT2D eigenvalue weighted by Gasteiger charge is -2.00. The van der Waals surface area contributed by atoms with Gasteiger partial charge in [-0.25, -0.2) is 13.9 Å². The van der Waals surface area contributed by atoms with Crippen LogP contribution in [0, 0.1) is 5.82 Å². The molecule has 0 atom stereocenters. The maximum Gasteiger partial charge on any atom is 0.346 e. The maximum absolute atomic E-state index is 12.8. The zero-order valence-corrected chi connectivity index (χ0v) is 10.7. The van der Waals surface area contributed by atoms with Crippen LogP contribution >= 0.6 is 0 Å². The molecule has 3 rings (SSSR count). The molecule has 0 bridgehead atoms. The van der Waals surface area contributed by atoms with Crippen LogP contribution in [0.5, 0.6) is 0 Å². The predicted octanol–water partition coefficient (Wildman–Crippen LogP) is 1.96. The maximum atomic E-state index is 12.8. The molecule has 2 heterocycles. The van der Waals surface area contributed by atoms with E-state index in [4.69, 9.17) is 0 Å². The molecule has 19 heavy (non-hydrogen) atoms. The molecule has 4 nitrogen and oxygen atoms in total. The Balaban J connectivity index is 1.89. The fourth-order valence-corrected chi connectivity index (χ4v) is 2.49. The Kier molecular flexibility index (Phi) is 3.19. The average Bonchev–Trinajstić information content (AvgIpc) is 2.60. The van der Waals surface area contributed by atoms with E-state index in [1.807, 2.05) is 0 Å². The largest absolute Gasteiger partial charge is 0.346 e. The number of rotatable bonds is 2. The molecular formula is C14H16FN3O. The highest BCUT2D eigenvalue weighted by atomic mass is 19.1. The van der Waals surface area contributed by atoms with Gasteiger partial charge >= 0.3 is 5.69 Å². The first-order chi connectivity index (χ1) is 9.24. The molecule has 0 N–H and O–H groups in total. The molecule has 1 aromatic heterocycles. The van der Waals surface area contributed by atoms with Crippen LogP contribution in [0.4, 0.5) is 4.39 Å². The van der Waals surface area contributed by atoms with Gasteiger partial charge in [0.2, 0.25) is 0 Å². The zero-order valence-electron chi connectivity index (χ0n) is 10.7. The lowest BCUT2D eigenvalue weighted by atomic mass is 10.2. The number of nitrogens with zero attached hydrogens (tertiary/aromatic N) is 3. The third-order valence-corrected chi connectivity index (χ3v) is 3.53. The standard InChI is InChI=1S/C14H16FN3O/c15-12-7-5-11(6-8-12)10-18-14(19)17-9-3-1-2-4-13(17)16-18/h5-8H,1-4,9-10H2. The van der Waals surface area contributed by atoms with Crippen LogP contribution in [0.25, 0.3) is 0 Å². The van der Waals surface area contributed by atoms with Crippen LogP contribution in [0.1, 0.15) is 30.7 Å². The number of hydrogen-bond acceptors (Lipinski definition) is 2. The Morgan fingerprint density at radius 3 is 2.74 bits per heavy atom. The first-order valence-electron chi connectivity index (χ1n) is 6.65. The van der Waals surface area contributed by atoms with Crippen molar-refractivity contribution >= 4 is 0 Å². The summed E-state index contributed by atoms with van der Waals surface area (Å²) in [7, 11) is 0. The topological polar surface area (TPSA) is 39.8 Å². The molecule has 0 unspecified atom stereocenters. The van der Waals surface area contributed by atoms with Gasteiger partial charge in [-0.2, -0.15) is 5.10 Å². The van der Waals surface area contributed by atoms with Crippen molar-refractivity contribution in [1.82, 2.24) is 14.3 Å². The summed E-state index contributed by atoms with van der Waals surface area (Å²) in [6.45, 7) is 1.16. The zero-order chi connectivity index (χ0) is 13.2. The monoisotopic (exact) mass is 261 g/mol. The van der Waals surface area contributed by atoms with Gasteiger partial charge in [0.1, 0.15) is 11.6 Å². The second-order valence-corrected chi connectivity index (χ2v) is 4.95. The molecule has 100 valence electrons. The van der Waals surface area contributed by atoms with Crippen molar-refractivity contribution in [3.05, 3.63) is 52.0 Å². The molecule has 0 fully saturated rings. The minimum atomic E-state index is -0.267. The SMILES string of the molecule is O=c1n(Cc2ccc(F)cc2)nc2n1CCCCC2. The second-order valence-electron chi connectivity index (χ2n) is 4.95. The van der Waals surface area contributed by atoms with Gasteiger partial charge in [-0.15, -0.1) is 0 Å². The Hall–Kier alpha value is -1.91. The van der Waals surface area contributed by atoms with Gasteiger partial charge in [0.25, 0.3) is 0 Å². The van der Waals surface area contributed by atoms with Gasteiger partial charge in [-0.3, -0.25) is 4.57 Å². The van der Waals surface area contributed by atoms with Gasteiger partial charge < -0.3 is 0 Å². The summed E-state index contributed by atoms with van der Waals surface area (Å²) in [5.74, 6) is 0.612. The van der Waals surface area contributed by atoms with Crippen molar-refractivity contribution in [2.75, 3.05) is 0 Å². The highest BCUT2D eigenvalue weighted by molar-refractivity contribution is 5.16. The number of aromatic nitrogens is 3. The van der Waals surface area contributed by atoms with E-state index in [9.17, 15) is 9.18 Å². The van der Waals surface area contributed by atoms with Crippen molar-refractivity contribution in [3.8, 4) is 0 Å². The summed E-state index contributed by atoms with van der Waals surface area (Å²) >= 11 is 0. The summed E-state index contributed by atoms with van der Waals surface area (Å²) in [5, 5.41) is 4.40. The van der Waals surface area contributed by atoms with Gasteiger partial charge in [-0.1, -0.05) is 18.6 Å². The van der Waals surface area contributed by atoms with Gasteiger partial charge in [0.05, 0.1) is 6.54 Å². The smallest absolute Gasteiger partial charge is 0.279 e. The fourth-order valence-electron chi connectivity index (χ4n) is 2.49. The van der Waals surface area contributed by atoms with Crippen LogP contribution in [0.3, 0.4) is 0 Å². The van der Waals surface area contributed by atoms with Gasteiger partial charge in [-0.05, 0) is 30.5 Å².